The Morgan fingerprint density at radius 3 is 2.95 bits per heavy atom. The number of rotatable bonds is 3. The Morgan fingerprint density at radius 1 is 1.42 bits per heavy atom. The lowest BCUT2D eigenvalue weighted by Crippen LogP contribution is -2.49. The molecule has 104 valence electrons. The largest absolute Gasteiger partial charge is 0.375 e. The van der Waals surface area contributed by atoms with Crippen molar-refractivity contribution in [2.75, 3.05) is 6.61 Å². The molecule has 2 heteroatoms. The highest BCUT2D eigenvalue weighted by Crippen LogP contribution is 2.44. The van der Waals surface area contributed by atoms with Crippen molar-refractivity contribution in [3.8, 4) is 0 Å². The van der Waals surface area contributed by atoms with Gasteiger partial charge >= 0.3 is 0 Å². The van der Waals surface area contributed by atoms with Crippen molar-refractivity contribution in [2.24, 2.45) is 11.7 Å². The molecular weight excluding hydrogens is 234 g/mol. The van der Waals surface area contributed by atoms with Gasteiger partial charge in [-0.2, -0.15) is 0 Å². The summed E-state index contributed by atoms with van der Waals surface area (Å²) in [5, 5.41) is 0. The van der Waals surface area contributed by atoms with Crippen LogP contribution in [0.5, 0.6) is 0 Å². The van der Waals surface area contributed by atoms with Crippen LogP contribution in [0.1, 0.15) is 43.2 Å². The Labute approximate surface area is 116 Å². The molecule has 19 heavy (non-hydrogen) atoms. The highest BCUT2D eigenvalue weighted by Gasteiger charge is 2.43. The standard InChI is InChI=1S/C17H25NO/c1-13-4-2-5-14(10-13)11-16(18)15-6-9-19-17(12-15)7-3-8-17/h2,4-5,10,15-16H,3,6-9,11-12,18H2,1H3. The minimum Gasteiger partial charge on any atom is -0.375 e. The van der Waals surface area contributed by atoms with E-state index in [4.69, 9.17) is 10.5 Å². The van der Waals surface area contributed by atoms with Crippen LogP contribution in [0.25, 0.3) is 0 Å². The fourth-order valence-electron chi connectivity index (χ4n) is 3.63. The maximum atomic E-state index is 6.47. The highest BCUT2D eigenvalue weighted by molar-refractivity contribution is 5.23. The fraction of sp³-hybridized carbons (Fsp3) is 0.647. The number of nitrogens with two attached hydrogens (primary N) is 1. The van der Waals surface area contributed by atoms with E-state index in [1.54, 1.807) is 0 Å². The van der Waals surface area contributed by atoms with Crippen molar-refractivity contribution >= 4 is 0 Å². The van der Waals surface area contributed by atoms with Gasteiger partial charge in [-0.25, -0.2) is 0 Å². The third-order valence-corrected chi connectivity index (χ3v) is 4.96. The van der Waals surface area contributed by atoms with Crippen molar-refractivity contribution in [1.82, 2.24) is 0 Å². The second-order valence-electron chi connectivity index (χ2n) is 6.49. The smallest absolute Gasteiger partial charge is 0.0685 e. The van der Waals surface area contributed by atoms with E-state index in [-0.39, 0.29) is 11.6 Å². The van der Waals surface area contributed by atoms with Crippen LogP contribution >= 0.6 is 0 Å². The molecule has 1 aromatic rings. The zero-order chi connectivity index (χ0) is 13.3. The first-order valence-corrected chi connectivity index (χ1v) is 7.62. The molecule has 2 atom stereocenters. The van der Waals surface area contributed by atoms with Gasteiger partial charge in [0, 0.05) is 12.6 Å². The van der Waals surface area contributed by atoms with Crippen LogP contribution in [0, 0.1) is 12.8 Å². The third kappa shape index (κ3) is 2.85. The zero-order valence-corrected chi connectivity index (χ0v) is 11.9. The summed E-state index contributed by atoms with van der Waals surface area (Å²) in [6.45, 7) is 3.05. The Morgan fingerprint density at radius 2 is 2.26 bits per heavy atom. The predicted octanol–water partition coefficient (Wildman–Crippen LogP) is 3.21. The summed E-state index contributed by atoms with van der Waals surface area (Å²) < 4.78 is 6.00. The van der Waals surface area contributed by atoms with Gasteiger partial charge in [0.2, 0.25) is 0 Å². The molecule has 3 rings (SSSR count). The molecule has 0 amide bonds. The van der Waals surface area contributed by atoms with E-state index in [2.05, 4.69) is 31.2 Å². The first-order chi connectivity index (χ1) is 9.17. The molecular formula is C17H25NO. The molecule has 1 saturated heterocycles. The molecule has 1 saturated carbocycles. The summed E-state index contributed by atoms with van der Waals surface area (Å²) >= 11 is 0. The maximum Gasteiger partial charge on any atom is 0.0685 e. The van der Waals surface area contributed by atoms with Crippen LogP contribution in [-0.2, 0) is 11.2 Å². The Hall–Kier alpha value is -0.860. The van der Waals surface area contributed by atoms with E-state index in [0.717, 1.165) is 19.4 Å². The molecule has 2 unspecified atom stereocenters. The van der Waals surface area contributed by atoms with Gasteiger partial charge in [0.25, 0.3) is 0 Å². The fourth-order valence-corrected chi connectivity index (χ4v) is 3.63. The lowest BCUT2D eigenvalue weighted by Gasteiger charge is -2.48. The Balaban J connectivity index is 1.62. The molecule has 1 aliphatic carbocycles. The SMILES string of the molecule is Cc1cccc(CC(N)C2CCOC3(CCC3)C2)c1. The predicted molar refractivity (Wildman–Crippen MR) is 78.1 cm³/mol. The molecule has 0 radical (unpaired) electrons. The van der Waals surface area contributed by atoms with Crippen molar-refractivity contribution < 1.29 is 4.74 Å². The van der Waals surface area contributed by atoms with Crippen molar-refractivity contribution in [3.05, 3.63) is 35.4 Å². The average Bonchev–Trinajstić information content (AvgIpc) is 2.37. The molecule has 1 aliphatic heterocycles. The summed E-state index contributed by atoms with van der Waals surface area (Å²) in [4.78, 5) is 0. The van der Waals surface area contributed by atoms with Crippen molar-refractivity contribution in [1.29, 1.82) is 0 Å². The molecule has 0 bridgehead atoms. The lowest BCUT2D eigenvalue weighted by atomic mass is 9.70. The summed E-state index contributed by atoms with van der Waals surface area (Å²) in [5.41, 5.74) is 9.39. The summed E-state index contributed by atoms with van der Waals surface area (Å²) in [7, 11) is 0. The maximum absolute atomic E-state index is 6.47. The van der Waals surface area contributed by atoms with Gasteiger partial charge in [0.15, 0.2) is 0 Å². The first-order valence-electron chi connectivity index (χ1n) is 7.62. The van der Waals surface area contributed by atoms with E-state index in [1.165, 1.54) is 36.8 Å². The van der Waals surface area contributed by atoms with E-state index >= 15 is 0 Å². The van der Waals surface area contributed by atoms with E-state index in [1.807, 2.05) is 0 Å². The van der Waals surface area contributed by atoms with E-state index < -0.39 is 0 Å². The van der Waals surface area contributed by atoms with Crippen molar-refractivity contribution in [2.45, 2.75) is 57.1 Å². The van der Waals surface area contributed by atoms with Crippen LogP contribution < -0.4 is 5.73 Å². The summed E-state index contributed by atoms with van der Waals surface area (Å²) in [6, 6.07) is 9.02. The molecule has 2 aliphatic rings. The minimum atomic E-state index is 0.215. The van der Waals surface area contributed by atoms with Gasteiger partial charge in [0.1, 0.15) is 0 Å². The molecule has 2 fully saturated rings. The van der Waals surface area contributed by atoms with E-state index in [9.17, 15) is 0 Å². The monoisotopic (exact) mass is 259 g/mol. The van der Waals surface area contributed by atoms with Crippen LogP contribution in [-0.4, -0.2) is 18.2 Å². The molecule has 0 aromatic heterocycles. The van der Waals surface area contributed by atoms with Gasteiger partial charge in [0.05, 0.1) is 5.60 Å². The van der Waals surface area contributed by atoms with E-state index in [0.29, 0.717) is 5.92 Å². The summed E-state index contributed by atoms with van der Waals surface area (Å²) in [5.74, 6) is 0.634. The Bertz CT molecular complexity index is 439. The third-order valence-electron chi connectivity index (χ3n) is 4.96. The minimum absolute atomic E-state index is 0.215. The average molecular weight is 259 g/mol. The molecule has 1 spiro atoms. The lowest BCUT2D eigenvalue weighted by molar-refractivity contribution is -0.145. The van der Waals surface area contributed by atoms with Gasteiger partial charge in [-0.3, -0.25) is 0 Å². The van der Waals surface area contributed by atoms with Crippen LogP contribution in [0.2, 0.25) is 0 Å². The number of ether oxygens (including phenoxy) is 1. The molecule has 1 aromatic carbocycles. The molecule has 2 N–H and O–H groups in total. The van der Waals surface area contributed by atoms with Crippen LogP contribution in [0.4, 0.5) is 0 Å². The number of hydrogen-bond donors (Lipinski definition) is 1. The topological polar surface area (TPSA) is 35.2 Å². The highest BCUT2D eigenvalue weighted by atomic mass is 16.5. The molecule has 1 heterocycles. The first kappa shape index (κ1) is 13.1. The summed E-state index contributed by atoms with van der Waals surface area (Å²) in [6.07, 6.45) is 7.15. The van der Waals surface area contributed by atoms with Gasteiger partial charge < -0.3 is 10.5 Å². The Kier molecular flexibility index (Phi) is 3.64. The number of benzene rings is 1. The van der Waals surface area contributed by atoms with Gasteiger partial charge in [-0.1, -0.05) is 29.8 Å². The van der Waals surface area contributed by atoms with Gasteiger partial charge in [-0.05, 0) is 56.9 Å². The number of hydrogen-bond acceptors (Lipinski definition) is 2. The van der Waals surface area contributed by atoms with Crippen LogP contribution in [0.15, 0.2) is 24.3 Å². The zero-order valence-electron chi connectivity index (χ0n) is 11.9. The second-order valence-corrected chi connectivity index (χ2v) is 6.49. The number of aryl methyl sites for hydroxylation is 1. The molecule has 2 nitrogen and oxygen atoms in total. The normalized spacial score (nSPS) is 26.9. The second kappa shape index (κ2) is 5.26. The van der Waals surface area contributed by atoms with Crippen molar-refractivity contribution in [3.63, 3.8) is 0 Å². The van der Waals surface area contributed by atoms with Gasteiger partial charge in [-0.15, -0.1) is 0 Å². The van der Waals surface area contributed by atoms with Crippen LogP contribution in [0.3, 0.4) is 0 Å². The quantitative estimate of drug-likeness (QED) is 0.904.